The summed E-state index contributed by atoms with van der Waals surface area (Å²) < 4.78 is 11.0. The highest BCUT2D eigenvalue weighted by atomic mass is 16.6. The molecular weight excluding hydrogens is 308 g/mol. The highest BCUT2D eigenvalue weighted by Crippen LogP contribution is 2.28. The minimum Gasteiger partial charge on any atom is -0.480 e. The third kappa shape index (κ3) is 3.43. The second-order valence-electron chi connectivity index (χ2n) is 5.53. The Morgan fingerprint density at radius 3 is 2.54 bits per heavy atom. The van der Waals surface area contributed by atoms with Crippen molar-refractivity contribution in [1.29, 1.82) is 0 Å². The zero-order valence-corrected chi connectivity index (χ0v) is 13.4. The van der Waals surface area contributed by atoms with Gasteiger partial charge in [0, 0.05) is 11.6 Å². The van der Waals surface area contributed by atoms with Gasteiger partial charge in [0.2, 0.25) is 5.89 Å². The van der Waals surface area contributed by atoms with Crippen molar-refractivity contribution in [2.75, 3.05) is 0 Å². The van der Waals surface area contributed by atoms with Crippen LogP contribution in [-0.2, 0) is 6.61 Å². The summed E-state index contributed by atoms with van der Waals surface area (Å²) in [6.45, 7) is 3.95. The van der Waals surface area contributed by atoms with E-state index in [1.807, 2.05) is 38.1 Å². The Kier molecular flexibility index (Phi) is 4.29. The summed E-state index contributed by atoms with van der Waals surface area (Å²) in [5, 5.41) is 11.1. The normalized spacial score (nSPS) is 10.6. The van der Waals surface area contributed by atoms with Crippen LogP contribution in [0.3, 0.4) is 0 Å². The summed E-state index contributed by atoms with van der Waals surface area (Å²) in [7, 11) is 0. The molecule has 0 spiro atoms. The highest BCUT2D eigenvalue weighted by molar-refractivity contribution is 5.53. The molecule has 122 valence electrons. The molecule has 0 aliphatic rings. The van der Waals surface area contributed by atoms with Gasteiger partial charge < -0.3 is 9.15 Å². The van der Waals surface area contributed by atoms with Crippen molar-refractivity contribution in [3.05, 3.63) is 75.7 Å². The first-order valence-corrected chi connectivity index (χ1v) is 7.42. The second kappa shape index (κ2) is 6.54. The van der Waals surface area contributed by atoms with Gasteiger partial charge in [-0.25, -0.2) is 4.98 Å². The maximum absolute atomic E-state index is 11.1. The van der Waals surface area contributed by atoms with Crippen molar-refractivity contribution in [2.45, 2.75) is 20.5 Å². The molecule has 1 heterocycles. The van der Waals surface area contributed by atoms with Gasteiger partial charge in [0.15, 0.2) is 5.75 Å². The molecular formula is C18H16N2O4. The van der Waals surface area contributed by atoms with Gasteiger partial charge in [-0.1, -0.05) is 23.8 Å². The molecule has 0 bridgehead atoms. The Morgan fingerprint density at radius 2 is 1.83 bits per heavy atom. The standard InChI is InChI=1S/C18H16N2O4/c1-12-3-6-14(7-4-12)18-19-15(11-24-18)10-23-17-9-13(2)5-8-16(17)20(21)22/h3-9,11H,10H2,1-2H3. The summed E-state index contributed by atoms with van der Waals surface area (Å²) in [4.78, 5) is 15.0. The number of ether oxygens (including phenoxy) is 1. The molecule has 0 fully saturated rings. The van der Waals surface area contributed by atoms with E-state index in [-0.39, 0.29) is 18.0 Å². The number of oxazole rings is 1. The zero-order valence-electron chi connectivity index (χ0n) is 13.4. The number of aromatic nitrogens is 1. The molecule has 24 heavy (non-hydrogen) atoms. The first-order chi connectivity index (χ1) is 11.5. The van der Waals surface area contributed by atoms with Crippen LogP contribution in [0, 0.1) is 24.0 Å². The average molecular weight is 324 g/mol. The summed E-state index contributed by atoms with van der Waals surface area (Å²) in [5.41, 5.74) is 3.41. The maximum Gasteiger partial charge on any atom is 0.310 e. The molecule has 0 amide bonds. The molecule has 6 nitrogen and oxygen atoms in total. The van der Waals surface area contributed by atoms with Gasteiger partial charge in [0.1, 0.15) is 18.6 Å². The predicted octanol–water partition coefficient (Wildman–Crippen LogP) is 4.45. The Morgan fingerprint density at radius 1 is 1.12 bits per heavy atom. The molecule has 0 N–H and O–H groups in total. The van der Waals surface area contributed by atoms with E-state index in [2.05, 4.69) is 4.98 Å². The highest BCUT2D eigenvalue weighted by Gasteiger charge is 2.16. The van der Waals surface area contributed by atoms with Crippen molar-refractivity contribution in [3.8, 4) is 17.2 Å². The molecule has 0 saturated heterocycles. The molecule has 6 heteroatoms. The van der Waals surface area contributed by atoms with Gasteiger partial charge in [-0.15, -0.1) is 0 Å². The van der Waals surface area contributed by atoms with Crippen molar-refractivity contribution in [3.63, 3.8) is 0 Å². The minimum atomic E-state index is -0.463. The molecule has 0 aliphatic carbocycles. The van der Waals surface area contributed by atoms with Crippen molar-refractivity contribution in [1.82, 2.24) is 4.98 Å². The molecule has 1 aromatic heterocycles. The number of rotatable bonds is 5. The Balaban J connectivity index is 1.75. The molecule has 0 unspecified atom stereocenters. The van der Waals surface area contributed by atoms with Crippen LogP contribution in [0.4, 0.5) is 5.69 Å². The van der Waals surface area contributed by atoms with Crippen molar-refractivity contribution >= 4 is 5.69 Å². The number of hydrogen-bond acceptors (Lipinski definition) is 5. The quantitative estimate of drug-likeness (QED) is 0.512. The number of aryl methyl sites for hydroxylation is 2. The fourth-order valence-electron chi connectivity index (χ4n) is 2.24. The topological polar surface area (TPSA) is 78.4 Å². The van der Waals surface area contributed by atoms with Gasteiger partial charge in [0.25, 0.3) is 0 Å². The van der Waals surface area contributed by atoms with Crippen LogP contribution >= 0.6 is 0 Å². The predicted molar refractivity (Wildman–Crippen MR) is 88.8 cm³/mol. The van der Waals surface area contributed by atoms with Gasteiger partial charge in [-0.05, 0) is 37.6 Å². The lowest BCUT2D eigenvalue weighted by atomic mass is 10.1. The summed E-state index contributed by atoms with van der Waals surface area (Å²) in [6, 6.07) is 12.6. The van der Waals surface area contributed by atoms with Crippen molar-refractivity contribution < 1.29 is 14.1 Å². The van der Waals surface area contributed by atoms with E-state index >= 15 is 0 Å². The van der Waals surface area contributed by atoms with Crippen LogP contribution in [0.15, 0.2) is 53.1 Å². The fourth-order valence-corrected chi connectivity index (χ4v) is 2.24. The largest absolute Gasteiger partial charge is 0.480 e. The fraction of sp³-hybridized carbons (Fsp3) is 0.167. The van der Waals surface area contributed by atoms with Crippen LogP contribution in [0.2, 0.25) is 0 Å². The van der Waals surface area contributed by atoms with E-state index in [4.69, 9.17) is 9.15 Å². The summed E-state index contributed by atoms with van der Waals surface area (Å²) in [6.07, 6.45) is 1.50. The van der Waals surface area contributed by atoms with Crippen LogP contribution in [0.25, 0.3) is 11.5 Å². The number of nitrogens with zero attached hydrogens (tertiary/aromatic N) is 2. The monoisotopic (exact) mass is 324 g/mol. The smallest absolute Gasteiger partial charge is 0.310 e. The molecule has 3 rings (SSSR count). The van der Waals surface area contributed by atoms with E-state index in [1.165, 1.54) is 12.3 Å². The lowest BCUT2D eigenvalue weighted by Crippen LogP contribution is -2.00. The second-order valence-corrected chi connectivity index (χ2v) is 5.53. The van der Waals surface area contributed by atoms with E-state index in [1.54, 1.807) is 12.1 Å². The molecule has 2 aromatic carbocycles. The van der Waals surface area contributed by atoms with E-state index in [0.717, 1.165) is 16.7 Å². The minimum absolute atomic E-state index is 0.0668. The van der Waals surface area contributed by atoms with Crippen LogP contribution in [0.1, 0.15) is 16.8 Å². The van der Waals surface area contributed by atoms with Crippen LogP contribution in [-0.4, -0.2) is 9.91 Å². The van der Waals surface area contributed by atoms with Crippen LogP contribution < -0.4 is 4.74 Å². The molecule has 3 aromatic rings. The van der Waals surface area contributed by atoms with Gasteiger partial charge in [0.05, 0.1) is 4.92 Å². The number of hydrogen-bond donors (Lipinski definition) is 0. The molecule has 0 saturated carbocycles. The number of benzene rings is 2. The van der Waals surface area contributed by atoms with Gasteiger partial charge in [-0.3, -0.25) is 10.1 Å². The van der Waals surface area contributed by atoms with E-state index in [9.17, 15) is 10.1 Å². The summed E-state index contributed by atoms with van der Waals surface area (Å²) >= 11 is 0. The lowest BCUT2D eigenvalue weighted by molar-refractivity contribution is -0.386. The first kappa shape index (κ1) is 15.7. The molecule has 0 aliphatic heterocycles. The van der Waals surface area contributed by atoms with Crippen molar-refractivity contribution in [2.24, 2.45) is 0 Å². The average Bonchev–Trinajstić information content (AvgIpc) is 3.02. The Labute approximate surface area is 138 Å². The SMILES string of the molecule is Cc1ccc(-c2nc(COc3cc(C)ccc3[N+](=O)[O-])co2)cc1. The lowest BCUT2D eigenvalue weighted by Gasteiger charge is -2.05. The Hall–Kier alpha value is -3.15. The van der Waals surface area contributed by atoms with E-state index in [0.29, 0.717) is 11.6 Å². The third-order valence-electron chi connectivity index (χ3n) is 3.54. The molecule has 0 atom stereocenters. The Bertz CT molecular complexity index is 869. The third-order valence-corrected chi connectivity index (χ3v) is 3.54. The van der Waals surface area contributed by atoms with Gasteiger partial charge >= 0.3 is 5.69 Å². The zero-order chi connectivity index (χ0) is 17.1. The van der Waals surface area contributed by atoms with Crippen LogP contribution in [0.5, 0.6) is 5.75 Å². The summed E-state index contributed by atoms with van der Waals surface area (Å²) in [5.74, 6) is 0.715. The molecule has 0 radical (unpaired) electrons. The van der Waals surface area contributed by atoms with Gasteiger partial charge in [-0.2, -0.15) is 0 Å². The maximum atomic E-state index is 11.1. The van der Waals surface area contributed by atoms with E-state index < -0.39 is 4.92 Å². The number of nitro benzene ring substituents is 1. The first-order valence-electron chi connectivity index (χ1n) is 7.42. The number of nitro groups is 1.